The van der Waals surface area contributed by atoms with Gasteiger partial charge in [-0.15, -0.1) is 0 Å². The monoisotopic (exact) mass is 619 g/mol. The van der Waals surface area contributed by atoms with Gasteiger partial charge in [0.05, 0.1) is 29.1 Å². The van der Waals surface area contributed by atoms with Gasteiger partial charge in [-0.25, -0.2) is 8.42 Å². The minimum Gasteiger partial charge on any atom is -0.495 e. The second-order valence-corrected chi connectivity index (χ2v) is 12.3. The van der Waals surface area contributed by atoms with E-state index in [0.717, 1.165) is 29.0 Å². The lowest BCUT2D eigenvalue weighted by molar-refractivity contribution is -0.140. The van der Waals surface area contributed by atoms with Gasteiger partial charge in [-0.1, -0.05) is 85.1 Å². The maximum atomic E-state index is 14.1. The molecular formula is C30H35Cl2N3O5S. The number of hydrogen-bond acceptors (Lipinski definition) is 5. The van der Waals surface area contributed by atoms with E-state index in [1.807, 2.05) is 37.3 Å². The molecule has 41 heavy (non-hydrogen) atoms. The maximum Gasteiger partial charge on any atom is 0.244 e. The fourth-order valence-electron chi connectivity index (χ4n) is 4.33. The number of anilines is 1. The zero-order valence-electron chi connectivity index (χ0n) is 23.3. The Bertz CT molecular complexity index is 1440. The molecule has 0 spiro atoms. The molecule has 0 saturated carbocycles. The first-order valence-electron chi connectivity index (χ1n) is 13.2. The predicted molar refractivity (Wildman–Crippen MR) is 164 cm³/mol. The molecule has 0 aliphatic heterocycles. The van der Waals surface area contributed by atoms with Gasteiger partial charge in [0.15, 0.2) is 0 Å². The molecular weight excluding hydrogens is 585 g/mol. The highest BCUT2D eigenvalue weighted by atomic mass is 35.5. The Balaban J connectivity index is 2.07. The van der Waals surface area contributed by atoms with Gasteiger partial charge < -0.3 is 15.0 Å². The SMILES string of the molecule is CCCCNC(=O)[C@@H](Cc1ccccc1)N(Cc1ccc(Cl)c(Cl)c1)C(=O)CN(c1ccccc1OC)S(C)(=O)=O. The quantitative estimate of drug-likeness (QED) is 0.246. The van der Waals surface area contributed by atoms with Crippen molar-refractivity contribution < 1.29 is 22.7 Å². The third-order valence-electron chi connectivity index (χ3n) is 6.47. The summed E-state index contributed by atoms with van der Waals surface area (Å²) in [5.74, 6) is -0.613. The average Bonchev–Trinajstić information content (AvgIpc) is 2.95. The predicted octanol–water partition coefficient (Wildman–Crippen LogP) is 5.32. The van der Waals surface area contributed by atoms with E-state index in [2.05, 4.69) is 5.32 Å². The van der Waals surface area contributed by atoms with E-state index >= 15 is 0 Å². The number of carbonyl (C=O) groups excluding carboxylic acids is 2. The summed E-state index contributed by atoms with van der Waals surface area (Å²) in [7, 11) is -2.50. The van der Waals surface area contributed by atoms with Crippen LogP contribution in [0.5, 0.6) is 5.75 Å². The van der Waals surface area contributed by atoms with E-state index in [1.54, 1.807) is 42.5 Å². The molecule has 1 N–H and O–H groups in total. The van der Waals surface area contributed by atoms with Gasteiger partial charge in [-0.05, 0) is 41.8 Å². The van der Waals surface area contributed by atoms with Crippen LogP contribution in [0.2, 0.25) is 10.0 Å². The van der Waals surface area contributed by atoms with Gasteiger partial charge in [0, 0.05) is 19.5 Å². The minimum atomic E-state index is -3.92. The summed E-state index contributed by atoms with van der Waals surface area (Å²) in [6.07, 6.45) is 2.91. The number of para-hydroxylation sites is 2. The zero-order chi connectivity index (χ0) is 30.0. The molecule has 0 heterocycles. The van der Waals surface area contributed by atoms with Crippen LogP contribution in [0.4, 0.5) is 5.69 Å². The molecule has 0 bridgehead atoms. The van der Waals surface area contributed by atoms with Gasteiger partial charge in [-0.2, -0.15) is 0 Å². The first-order chi connectivity index (χ1) is 19.5. The third kappa shape index (κ3) is 9.11. The average molecular weight is 621 g/mol. The van der Waals surface area contributed by atoms with E-state index in [9.17, 15) is 18.0 Å². The highest BCUT2D eigenvalue weighted by Gasteiger charge is 2.33. The molecule has 8 nitrogen and oxygen atoms in total. The largest absolute Gasteiger partial charge is 0.495 e. The standard InChI is InChI=1S/C30H35Cl2N3O5S/c1-4-5-17-33-30(37)27(19-22-11-7-6-8-12-22)34(20-23-15-16-24(31)25(32)18-23)29(36)21-35(41(3,38)39)26-13-9-10-14-28(26)40-2/h6-16,18,27H,4-5,17,19-21H2,1-3H3,(H,33,37)/t27-/m1/s1. The number of rotatable bonds is 14. The summed E-state index contributed by atoms with van der Waals surface area (Å²) in [5, 5.41) is 3.60. The maximum absolute atomic E-state index is 14.1. The summed E-state index contributed by atoms with van der Waals surface area (Å²) >= 11 is 12.4. The van der Waals surface area contributed by atoms with E-state index in [1.165, 1.54) is 12.0 Å². The molecule has 0 radical (unpaired) electrons. The molecule has 0 aliphatic carbocycles. The number of ether oxygens (including phenoxy) is 1. The summed E-state index contributed by atoms with van der Waals surface area (Å²) in [6.45, 7) is 1.92. The Morgan fingerprint density at radius 3 is 2.27 bits per heavy atom. The molecule has 0 unspecified atom stereocenters. The van der Waals surface area contributed by atoms with Crippen LogP contribution in [-0.2, 0) is 32.6 Å². The normalized spacial score (nSPS) is 11.9. The summed E-state index contributed by atoms with van der Waals surface area (Å²) in [5.41, 5.74) is 1.70. The number of benzene rings is 3. The van der Waals surface area contributed by atoms with Gasteiger partial charge in [0.1, 0.15) is 18.3 Å². The lowest BCUT2D eigenvalue weighted by Gasteiger charge is -2.33. The molecule has 0 aromatic heterocycles. The summed E-state index contributed by atoms with van der Waals surface area (Å²) in [6, 6.07) is 19.9. The first-order valence-corrected chi connectivity index (χ1v) is 15.8. The lowest BCUT2D eigenvalue weighted by Crippen LogP contribution is -2.53. The van der Waals surface area contributed by atoms with Crippen molar-refractivity contribution in [2.75, 3.05) is 30.8 Å². The van der Waals surface area contributed by atoms with E-state index < -0.39 is 28.5 Å². The smallest absolute Gasteiger partial charge is 0.244 e. The van der Waals surface area contributed by atoms with Gasteiger partial charge in [-0.3, -0.25) is 13.9 Å². The first kappa shape index (κ1) is 32.2. The Morgan fingerprint density at radius 2 is 1.63 bits per heavy atom. The Kier molecular flexibility index (Phi) is 11.9. The molecule has 3 aromatic carbocycles. The number of amides is 2. The molecule has 220 valence electrons. The topological polar surface area (TPSA) is 96.0 Å². The molecule has 1 atom stereocenters. The minimum absolute atomic E-state index is 0.00204. The van der Waals surface area contributed by atoms with Crippen LogP contribution in [0.1, 0.15) is 30.9 Å². The summed E-state index contributed by atoms with van der Waals surface area (Å²) < 4.78 is 32.3. The number of nitrogens with zero attached hydrogens (tertiary/aromatic N) is 2. The second-order valence-electron chi connectivity index (χ2n) is 9.56. The Labute approximate surface area is 252 Å². The second kappa shape index (κ2) is 15.1. The van der Waals surface area contributed by atoms with Crippen molar-refractivity contribution in [1.82, 2.24) is 10.2 Å². The highest BCUT2D eigenvalue weighted by molar-refractivity contribution is 7.92. The molecule has 3 rings (SSSR count). The van der Waals surface area contributed by atoms with Crippen molar-refractivity contribution in [3.63, 3.8) is 0 Å². The lowest BCUT2D eigenvalue weighted by atomic mass is 10.0. The van der Waals surface area contributed by atoms with Gasteiger partial charge in [0.2, 0.25) is 21.8 Å². The third-order valence-corrected chi connectivity index (χ3v) is 8.34. The van der Waals surface area contributed by atoms with Crippen LogP contribution in [0.3, 0.4) is 0 Å². The molecule has 0 fully saturated rings. The number of carbonyl (C=O) groups is 2. The van der Waals surface area contributed by atoms with Crippen LogP contribution in [0, 0.1) is 0 Å². The van der Waals surface area contributed by atoms with Crippen LogP contribution in [0.25, 0.3) is 0 Å². The summed E-state index contributed by atoms with van der Waals surface area (Å²) in [4.78, 5) is 29.2. The fraction of sp³-hybridized carbons (Fsp3) is 0.333. The van der Waals surface area contributed by atoms with Crippen molar-refractivity contribution in [3.8, 4) is 5.75 Å². The van der Waals surface area contributed by atoms with Gasteiger partial charge in [0.25, 0.3) is 0 Å². The molecule has 2 amide bonds. The van der Waals surface area contributed by atoms with Crippen molar-refractivity contribution in [2.45, 2.75) is 38.8 Å². The zero-order valence-corrected chi connectivity index (χ0v) is 25.7. The van der Waals surface area contributed by atoms with E-state index in [4.69, 9.17) is 27.9 Å². The Morgan fingerprint density at radius 1 is 0.951 bits per heavy atom. The van der Waals surface area contributed by atoms with Crippen LogP contribution in [0.15, 0.2) is 72.8 Å². The fourth-order valence-corrected chi connectivity index (χ4v) is 5.50. The van der Waals surface area contributed by atoms with Crippen LogP contribution < -0.4 is 14.4 Å². The molecule has 0 saturated heterocycles. The van der Waals surface area contributed by atoms with Crippen molar-refractivity contribution in [2.24, 2.45) is 0 Å². The van der Waals surface area contributed by atoms with Crippen LogP contribution in [-0.4, -0.2) is 57.6 Å². The number of hydrogen-bond donors (Lipinski definition) is 1. The van der Waals surface area contributed by atoms with Crippen LogP contribution >= 0.6 is 23.2 Å². The van der Waals surface area contributed by atoms with E-state index in [-0.39, 0.29) is 24.6 Å². The molecule has 0 aliphatic rings. The Hall–Kier alpha value is -3.27. The van der Waals surface area contributed by atoms with Crippen molar-refractivity contribution >= 4 is 50.7 Å². The van der Waals surface area contributed by atoms with E-state index in [0.29, 0.717) is 27.9 Å². The number of unbranched alkanes of at least 4 members (excludes halogenated alkanes) is 1. The highest BCUT2D eigenvalue weighted by Crippen LogP contribution is 2.30. The number of nitrogens with one attached hydrogen (secondary N) is 1. The van der Waals surface area contributed by atoms with Crippen molar-refractivity contribution in [3.05, 3.63) is 94.0 Å². The molecule has 3 aromatic rings. The number of sulfonamides is 1. The van der Waals surface area contributed by atoms with Crippen molar-refractivity contribution in [1.29, 1.82) is 0 Å². The number of methoxy groups -OCH3 is 1. The number of halogens is 2. The van der Waals surface area contributed by atoms with Gasteiger partial charge >= 0.3 is 0 Å². The molecule has 11 heteroatoms.